The topological polar surface area (TPSA) is 68.0 Å². The fraction of sp³-hybridized carbons (Fsp3) is 0.357. The molecule has 0 aromatic carbocycles. The van der Waals surface area contributed by atoms with Crippen LogP contribution in [0.3, 0.4) is 0 Å². The van der Waals surface area contributed by atoms with Gasteiger partial charge in [0.1, 0.15) is 0 Å². The minimum absolute atomic E-state index is 0.410. The number of rotatable bonds is 4. The summed E-state index contributed by atoms with van der Waals surface area (Å²) < 4.78 is 1.83. The molecule has 0 aliphatic rings. The Balaban J connectivity index is 2.38. The van der Waals surface area contributed by atoms with Crippen molar-refractivity contribution in [3.8, 4) is 5.69 Å². The molecule has 2 aromatic heterocycles. The maximum Gasteiger partial charge on any atom is 0.306 e. The molecule has 0 radical (unpaired) electrons. The van der Waals surface area contributed by atoms with Crippen LogP contribution in [0.2, 0.25) is 0 Å². The number of pyridine rings is 1. The maximum absolute atomic E-state index is 11.0. The predicted molar refractivity (Wildman–Crippen MR) is 71.3 cm³/mol. The van der Waals surface area contributed by atoms with Crippen LogP contribution in [0.25, 0.3) is 5.69 Å². The highest BCUT2D eigenvalue weighted by molar-refractivity contribution is 5.70. The van der Waals surface area contributed by atoms with Crippen LogP contribution >= 0.6 is 0 Å². The van der Waals surface area contributed by atoms with Gasteiger partial charge < -0.3 is 5.11 Å². The first-order valence-electron chi connectivity index (χ1n) is 6.19. The van der Waals surface area contributed by atoms with E-state index in [9.17, 15) is 4.79 Å². The minimum atomic E-state index is -0.782. The van der Waals surface area contributed by atoms with Crippen LogP contribution in [0.1, 0.15) is 23.9 Å². The van der Waals surface area contributed by atoms with E-state index in [1.165, 1.54) is 0 Å². The fourth-order valence-corrected chi connectivity index (χ4v) is 2.10. The molecule has 2 aromatic rings. The Bertz CT molecular complexity index is 590. The van der Waals surface area contributed by atoms with Crippen molar-refractivity contribution in [3.63, 3.8) is 0 Å². The molecule has 19 heavy (non-hydrogen) atoms. The van der Waals surface area contributed by atoms with E-state index >= 15 is 0 Å². The summed E-state index contributed by atoms with van der Waals surface area (Å²) in [6.07, 6.45) is 3.93. The second-order valence-electron chi connectivity index (χ2n) is 4.71. The van der Waals surface area contributed by atoms with Crippen molar-refractivity contribution < 1.29 is 9.90 Å². The van der Waals surface area contributed by atoms with Gasteiger partial charge in [0.15, 0.2) is 0 Å². The highest BCUT2D eigenvalue weighted by atomic mass is 16.4. The second-order valence-corrected chi connectivity index (χ2v) is 4.71. The van der Waals surface area contributed by atoms with Crippen molar-refractivity contribution in [1.29, 1.82) is 0 Å². The van der Waals surface area contributed by atoms with Gasteiger partial charge in [-0.2, -0.15) is 5.10 Å². The number of aryl methyl sites for hydroxylation is 1. The lowest BCUT2D eigenvalue weighted by Crippen LogP contribution is -2.13. The van der Waals surface area contributed by atoms with Gasteiger partial charge in [0.05, 0.1) is 17.3 Å². The van der Waals surface area contributed by atoms with Crippen LogP contribution in [-0.4, -0.2) is 25.8 Å². The van der Waals surface area contributed by atoms with Crippen LogP contribution in [0.5, 0.6) is 0 Å². The molecule has 0 spiro atoms. The summed E-state index contributed by atoms with van der Waals surface area (Å²) in [5, 5.41) is 13.5. The third-order valence-electron chi connectivity index (χ3n) is 3.28. The summed E-state index contributed by atoms with van der Waals surface area (Å²) in [6, 6.07) is 3.76. The third kappa shape index (κ3) is 2.65. The Morgan fingerprint density at radius 1 is 1.37 bits per heavy atom. The van der Waals surface area contributed by atoms with Crippen LogP contribution in [0.4, 0.5) is 0 Å². The quantitative estimate of drug-likeness (QED) is 0.913. The Hall–Kier alpha value is -2.17. The Labute approximate surface area is 111 Å². The molecule has 1 atom stereocenters. The molecule has 0 amide bonds. The highest BCUT2D eigenvalue weighted by Gasteiger charge is 2.18. The van der Waals surface area contributed by atoms with Gasteiger partial charge in [-0.05, 0) is 38.0 Å². The van der Waals surface area contributed by atoms with Crippen molar-refractivity contribution in [3.05, 3.63) is 41.5 Å². The number of nitrogens with zero attached hydrogens (tertiary/aromatic N) is 3. The minimum Gasteiger partial charge on any atom is -0.481 e. The highest BCUT2D eigenvalue weighted by Crippen LogP contribution is 2.20. The number of hydrogen-bond donors (Lipinski definition) is 1. The molecule has 0 aliphatic carbocycles. The van der Waals surface area contributed by atoms with E-state index in [0.717, 1.165) is 22.6 Å². The molecular formula is C14H17N3O2. The van der Waals surface area contributed by atoms with E-state index in [1.807, 2.05) is 30.7 Å². The summed E-state index contributed by atoms with van der Waals surface area (Å²) in [4.78, 5) is 15.0. The number of carboxylic acid groups (broad SMARTS) is 1. The first kappa shape index (κ1) is 13.3. The number of aromatic nitrogens is 3. The molecular weight excluding hydrogens is 242 g/mol. The first-order chi connectivity index (χ1) is 9.00. The van der Waals surface area contributed by atoms with Crippen LogP contribution < -0.4 is 0 Å². The van der Waals surface area contributed by atoms with E-state index in [0.29, 0.717) is 6.42 Å². The van der Waals surface area contributed by atoms with E-state index in [-0.39, 0.29) is 0 Å². The number of hydrogen-bond acceptors (Lipinski definition) is 3. The zero-order valence-electron chi connectivity index (χ0n) is 11.3. The zero-order valence-corrected chi connectivity index (χ0v) is 11.3. The average Bonchev–Trinajstić information content (AvgIpc) is 2.67. The normalized spacial score (nSPS) is 12.4. The predicted octanol–water partition coefficient (Wildman–Crippen LogP) is 2.15. The molecule has 5 heteroatoms. The van der Waals surface area contributed by atoms with Gasteiger partial charge in [0, 0.05) is 18.1 Å². The molecule has 0 fully saturated rings. The molecule has 0 saturated carbocycles. The van der Waals surface area contributed by atoms with Crippen LogP contribution in [-0.2, 0) is 11.2 Å². The SMILES string of the molecule is Cc1nn(-c2ccncc2)c(C)c1CC(C)C(=O)O. The van der Waals surface area contributed by atoms with E-state index in [4.69, 9.17) is 5.11 Å². The van der Waals surface area contributed by atoms with Crippen molar-refractivity contribution >= 4 is 5.97 Å². The van der Waals surface area contributed by atoms with Crippen LogP contribution in [0, 0.1) is 19.8 Å². The smallest absolute Gasteiger partial charge is 0.306 e. The largest absolute Gasteiger partial charge is 0.481 e. The van der Waals surface area contributed by atoms with Gasteiger partial charge in [-0.1, -0.05) is 6.92 Å². The molecule has 0 bridgehead atoms. The second kappa shape index (κ2) is 5.22. The Kier molecular flexibility index (Phi) is 3.64. The lowest BCUT2D eigenvalue weighted by atomic mass is 10.00. The molecule has 0 saturated heterocycles. The summed E-state index contributed by atoms with van der Waals surface area (Å²) in [6.45, 7) is 5.59. The van der Waals surface area contributed by atoms with Crippen molar-refractivity contribution in [2.45, 2.75) is 27.2 Å². The van der Waals surface area contributed by atoms with E-state index in [2.05, 4.69) is 10.1 Å². The summed E-state index contributed by atoms with van der Waals surface area (Å²) >= 11 is 0. The Morgan fingerprint density at radius 2 is 2.00 bits per heavy atom. The average molecular weight is 259 g/mol. The van der Waals surface area contributed by atoms with Gasteiger partial charge >= 0.3 is 5.97 Å². The zero-order chi connectivity index (χ0) is 14.0. The summed E-state index contributed by atoms with van der Waals surface area (Å²) in [7, 11) is 0. The van der Waals surface area contributed by atoms with Crippen LogP contribution in [0.15, 0.2) is 24.5 Å². The third-order valence-corrected chi connectivity index (χ3v) is 3.28. The summed E-state index contributed by atoms with van der Waals surface area (Å²) in [5.41, 5.74) is 3.80. The van der Waals surface area contributed by atoms with Gasteiger partial charge in [-0.3, -0.25) is 9.78 Å². The van der Waals surface area contributed by atoms with Crippen molar-refractivity contribution in [2.24, 2.45) is 5.92 Å². The van der Waals surface area contributed by atoms with Crippen molar-refractivity contribution in [1.82, 2.24) is 14.8 Å². The fourth-order valence-electron chi connectivity index (χ4n) is 2.10. The Morgan fingerprint density at radius 3 is 2.58 bits per heavy atom. The molecule has 0 aliphatic heterocycles. The maximum atomic E-state index is 11.0. The lowest BCUT2D eigenvalue weighted by Gasteiger charge is -2.07. The van der Waals surface area contributed by atoms with Crippen molar-refractivity contribution in [2.75, 3.05) is 0 Å². The number of aliphatic carboxylic acids is 1. The molecule has 1 unspecified atom stereocenters. The van der Waals surface area contributed by atoms with Gasteiger partial charge in [-0.25, -0.2) is 4.68 Å². The molecule has 5 nitrogen and oxygen atoms in total. The van der Waals surface area contributed by atoms with Gasteiger partial charge in [0.2, 0.25) is 0 Å². The molecule has 1 N–H and O–H groups in total. The van der Waals surface area contributed by atoms with E-state index < -0.39 is 11.9 Å². The lowest BCUT2D eigenvalue weighted by molar-refractivity contribution is -0.141. The summed E-state index contributed by atoms with van der Waals surface area (Å²) in [5.74, 6) is -1.19. The standard InChI is InChI=1S/C14H17N3O2/c1-9(14(18)19)8-13-10(2)16-17(11(13)3)12-4-6-15-7-5-12/h4-7,9H,8H2,1-3H3,(H,18,19). The monoisotopic (exact) mass is 259 g/mol. The van der Waals surface area contributed by atoms with Gasteiger partial charge in [0.25, 0.3) is 0 Å². The van der Waals surface area contributed by atoms with Gasteiger partial charge in [-0.15, -0.1) is 0 Å². The molecule has 2 rings (SSSR count). The first-order valence-corrected chi connectivity index (χ1v) is 6.19. The van der Waals surface area contributed by atoms with E-state index in [1.54, 1.807) is 19.3 Å². The molecule has 2 heterocycles. The number of carboxylic acids is 1. The number of carbonyl (C=O) groups is 1. The molecule has 100 valence electrons.